The van der Waals surface area contributed by atoms with Gasteiger partial charge in [-0.1, -0.05) is 18.2 Å². The average Bonchev–Trinajstić information content (AvgIpc) is 3.10. The van der Waals surface area contributed by atoms with E-state index in [-0.39, 0.29) is 0 Å². The summed E-state index contributed by atoms with van der Waals surface area (Å²) >= 11 is 0. The predicted octanol–water partition coefficient (Wildman–Crippen LogP) is -1.71. The summed E-state index contributed by atoms with van der Waals surface area (Å²) in [6.45, 7) is 0.827. The first-order valence-electron chi connectivity index (χ1n) is 8.71. The van der Waals surface area contributed by atoms with Crippen LogP contribution in [-0.2, 0) is 20.8 Å². The van der Waals surface area contributed by atoms with Gasteiger partial charge in [0.25, 0.3) is 0 Å². The molecule has 0 fully saturated rings. The fourth-order valence-corrected chi connectivity index (χ4v) is 1.91. The lowest BCUT2D eigenvalue weighted by molar-refractivity contribution is -0.141. The van der Waals surface area contributed by atoms with Gasteiger partial charge >= 0.3 is 17.9 Å². The molecule has 0 spiro atoms. The summed E-state index contributed by atoms with van der Waals surface area (Å²) in [6, 6.07) is 4.63. The van der Waals surface area contributed by atoms with Crippen LogP contribution in [0.5, 0.6) is 0 Å². The van der Waals surface area contributed by atoms with E-state index in [1.54, 1.807) is 0 Å². The highest BCUT2D eigenvalue weighted by Crippen LogP contribution is 2.18. The minimum absolute atomic E-state index is 0.347. The molecule has 0 radical (unpaired) electrons. The van der Waals surface area contributed by atoms with Crippen LogP contribution in [0.25, 0.3) is 10.9 Å². The largest absolute Gasteiger partial charge is 0.480 e. The third-order valence-corrected chi connectivity index (χ3v) is 3.75. The number of nitrogens with one attached hydrogen (secondary N) is 1. The number of aliphatic carboxylic acids is 3. The fourth-order valence-electron chi connectivity index (χ4n) is 1.91. The molecule has 1 aromatic carbocycles. The normalized spacial score (nSPS) is 14.2. The number of para-hydroxylation sites is 1. The summed E-state index contributed by atoms with van der Waals surface area (Å²) in [7, 11) is 0. The Labute approximate surface area is 171 Å². The highest BCUT2D eigenvalue weighted by molar-refractivity contribution is 5.84. The first-order valence-corrected chi connectivity index (χ1v) is 8.71. The van der Waals surface area contributed by atoms with Crippen molar-refractivity contribution in [3.8, 4) is 0 Å². The lowest BCUT2D eigenvalue weighted by atomic mass is 10.1. The number of H-pyrrole nitrogens is 1. The van der Waals surface area contributed by atoms with E-state index in [0.29, 0.717) is 6.42 Å². The SMILES string of the molecule is C[C@@H](O)[C@H](N)C(=O)O.N[C@@H](CO)C(=O)O.N[C@@H](Cc1c[nH]c2ccccc12)C(=O)O. The molecule has 12 heteroatoms. The molecule has 0 bridgehead atoms. The van der Waals surface area contributed by atoms with Gasteiger partial charge < -0.3 is 47.7 Å². The van der Waals surface area contributed by atoms with Crippen molar-refractivity contribution < 1.29 is 39.9 Å². The molecular formula is C18H28N4O8. The Morgan fingerprint density at radius 2 is 1.50 bits per heavy atom. The predicted molar refractivity (Wildman–Crippen MR) is 108 cm³/mol. The van der Waals surface area contributed by atoms with Gasteiger partial charge in [0, 0.05) is 23.5 Å². The van der Waals surface area contributed by atoms with Crippen LogP contribution in [0.4, 0.5) is 0 Å². The van der Waals surface area contributed by atoms with Crippen molar-refractivity contribution >= 4 is 28.8 Å². The van der Waals surface area contributed by atoms with E-state index in [9.17, 15) is 14.4 Å². The minimum Gasteiger partial charge on any atom is -0.480 e. The van der Waals surface area contributed by atoms with E-state index in [2.05, 4.69) is 4.98 Å². The number of carboxylic acids is 3. The minimum atomic E-state index is -1.18. The molecule has 4 atom stereocenters. The Bertz CT molecular complexity index is 823. The van der Waals surface area contributed by atoms with Gasteiger partial charge in [-0.25, -0.2) is 0 Å². The van der Waals surface area contributed by atoms with Crippen molar-refractivity contribution in [2.45, 2.75) is 37.6 Å². The molecule has 2 rings (SSSR count). The smallest absolute Gasteiger partial charge is 0.323 e. The van der Waals surface area contributed by atoms with Crippen molar-refractivity contribution in [2.24, 2.45) is 17.2 Å². The molecule has 1 aromatic heterocycles. The highest BCUT2D eigenvalue weighted by atomic mass is 16.4. The topological polar surface area (TPSA) is 246 Å². The van der Waals surface area contributed by atoms with Crippen LogP contribution in [0.15, 0.2) is 30.5 Å². The number of carbonyl (C=O) groups is 3. The van der Waals surface area contributed by atoms with Gasteiger partial charge in [-0.05, 0) is 18.6 Å². The van der Waals surface area contributed by atoms with Crippen molar-refractivity contribution in [3.63, 3.8) is 0 Å². The summed E-state index contributed by atoms with van der Waals surface area (Å²) in [4.78, 5) is 33.2. The Kier molecular flexibility index (Phi) is 11.9. The van der Waals surface area contributed by atoms with Gasteiger partial charge in [0.15, 0.2) is 0 Å². The molecule has 0 aliphatic rings. The number of benzene rings is 1. The lowest BCUT2D eigenvalue weighted by Gasteiger charge is -2.06. The Morgan fingerprint density at radius 1 is 0.967 bits per heavy atom. The summed E-state index contributed by atoms with van der Waals surface area (Å²) < 4.78 is 0. The molecule has 0 saturated heterocycles. The Hall–Kier alpha value is -3.03. The van der Waals surface area contributed by atoms with Crippen LogP contribution in [0.3, 0.4) is 0 Å². The molecule has 0 aliphatic heterocycles. The molecule has 30 heavy (non-hydrogen) atoms. The molecule has 168 valence electrons. The summed E-state index contributed by atoms with van der Waals surface area (Å²) in [5, 5.41) is 42.2. The van der Waals surface area contributed by atoms with E-state index >= 15 is 0 Å². The second kappa shape index (κ2) is 13.2. The molecule has 12 nitrogen and oxygen atoms in total. The number of hydrogen-bond acceptors (Lipinski definition) is 8. The molecule has 0 saturated carbocycles. The average molecular weight is 428 g/mol. The van der Waals surface area contributed by atoms with Gasteiger partial charge in [0.1, 0.15) is 18.1 Å². The molecule has 0 aliphatic carbocycles. The molecule has 0 unspecified atom stereocenters. The fraction of sp³-hybridized carbons (Fsp3) is 0.389. The van der Waals surface area contributed by atoms with Crippen molar-refractivity contribution in [2.75, 3.05) is 6.61 Å². The van der Waals surface area contributed by atoms with Gasteiger partial charge in [0.05, 0.1) is 12.7 Å². The van der Waals surface area contributed by atoms with Crippen molar-refractivity contribution in [1.82, 2.24) is 4.98 Å². The molecule has 1 heterocycles. The quantitative estimate of drug-likeness (QED) is 0.240. The van der Waals surface area contributed by atoms with Crippen LogP contribution in [0.1, 0.15) is 12.5 Å². The van der Waals surface area contributed by atoms with Gasteiger partial charge in [-0.2, -0.15) is 0 Å². The van der Waals surface area contributed by atoms with Crippen molar-refractivity contribution in [1.29, 1.82) is 0 Å². The zero-order valence-electron chi connectivity index (χ0n) is 16.3. The maximum atomic E-state index is 10.6. The van der Waals surface area contributed by atoms with Crippen molar-refractivity contribution in [3.05, 3.63) is 36.0 Å². The standard InChI is InChI=1S/C11H12N2O2.C4H9NO3.C3H7NO3/c12-9(11(14)15)5-7-6-13-10-4-2-1-3-8(7)10;1-2(6)3(5)4(7)8;4-2(1-5)3(6)7/h1-4,6,9,13H,5,12H2,(H,14,15);2-3,6H,5H2,1H3,(H,7,8);2,5H,1,4H2,(H,6,7)/t9-;2-,3+;2-/m010/s1. The summed E-state index contributed by atoms with van der Waals surface area (Å²) in [5.41, 5.74) is 17.1. The first-order chi connectivity index (χ1) is 13.9. The number of carboxylic acid groups (broad SMARTS) is 3. The summed E-state index contributed by atoms with van der Waals surface area (Å²) in [6.07, 6.45) is 1.18. The van der Waals surface area contributed by atoms with Gasteiger partial charge in [-0.3, -0.25) is 14.4 Å². The van der Waals surface area contributed by atoms with Crippen LogP contribution >= 0.6 is 0 Å². The van der Waals surface area contributed by atoms with E-state index in [0.717, 1.165) is 16.5 Å². The maximum Gasteiger partial charge on any atom is 0.323 e. The van der Waals surface area contributed by atoms with Crippen LogP contribution in [0, 0.1) is 0 Å². The second-order valence-corrected chi connectivity index (χ2v) is 6.24. The van der Waals surface area contributed by atoms with E-state index < -0.39 is 48.7 Å². The van der Waals surface area contributed by atoms with Crippen LogP contribution < -0.4 is 17.2 Å². The zero-order chi connectivity index (χ0) is 23.4. The number of aliphatic hydroxyl groups excluding tert-OH is 2. The Balaban J connectivity index is 0.000000477. The second-order valence-electron chi connectivity index (χ2n) is 6.24. The highest BCUT2D eigenvalue weighted by Gasteiger charge is 2.16. The number of rotatable bonds is 7. The number of nitrogens with two attached hydrogens (primary N) is 3. The third kappa shape index (κ3) is 9.45. The number of aromatic nitrogens is 1. The Morgan fingerprint density at radius 3 is 1.87 bits per heavy atom. The first kappa shape index (κ1) is 27.0. The zero-order valence-corrected chi connectivity index (χ0v) is 16.3. The number of aliphatic hydroxyl groups is 2. The molecule has 0 amide bonds. The number of fused-ring (bicyclic) bond motifs is 1. The van der Waals surface area contributed by atoms with Gasteiger partial charge in [0.2, 0.25) is 0 Å². The van der Waals surface area contributed by atoms with E-state index in [4.69, 9.17) is 42.7 Å². The summed E-state index contributed by atoms with van der Waals surface area (Å²) in [5.74, 6) is -3.33. The molecule has 2 aromatic rings. The van der Waals surface area contributed by atoms with Crippen LogP contribution in [0.2, 0.25) is 0 Å². The van der Waals surface area contributed by atoms with E-state index in [1.807, 2.05) is 30.5 Å². The van der Waals surface area contributed by atoms with E-state index in [1.165, 1.54) is 6.92 Å². The third-order valence-electron chi connectivity index (χ3n) is 3.75. The van der Waals surface area contributed by atoms with Gasteiger partial charge in [-0.15, -0.1) is 0 Å². The number of hydrogen-bond donors (Lipinski definition) is 9. The lowest BCUT2D eigenvalue weighted by Crippen LogP contribution is -2.39. The maximum absolute atomic E-state index is 10.6. The van der Waals surface area contributed by atoms with Crippen LogP contribution in [-0.4, -0.2) is 79.3 Å². The molecular weight excluding hydrogens is 400 g/mol. The monoisotopic (exact) mass is 428 g/mol. The number of aromatic amines is 1. The molecule has 12 N–H and O–H groups in total.